The number of carbonyl (C=O) groups is 2. The van der Waals surface area contributed by atoms with E-state index in [1.165, 1.54) is 0 Å². The lowest BCUT2D eigenvalue weighted by Crippen LogP contribution is -2.44. The number of rotatable bonds is 4. The van der Waals surface area contributed by atoms with Crippen molar-refractivity contribution in [2.24, 2.45) is 0 Å². The number of carbonyl (C=O) groups excluding carboxylic acids is 2. The molecule has 0 bridgehead atoms. The molecule has 1 aliphatic rings. The van der Waals surface area contributed by atoms with E-state index in [-0.39, 0.29) is 17.7 Å². The van der Waals surface area contributed by atoms with Crippen LogP contribution in [-0.4, -0.2) is 54.2 Å². The molecule has 2 rings (SSSR count). The quantitative estimate of drug-likeness (QED) is 0.786. The molecule has 0 saturated carbocycles. The average molecular weight is 274 g/mol. The number of likely N-dealkylation sites (N-methyl/N-ethyl adjacent to an activating group) is 1. The minimum absolute atomic E-state index is 0.0989. The summed E-state index contributed by atoms with van der Waals surface area (Å²) in [5.74, 6) is 0.215. The highest BCUT2D eigenvalue weighted by Crippen LogP contribution is 2.15. The lowest BCUT2D eigenvalue weighted by molar-refractivity contribution is -0.130. The molecule has 108 valence electrons. The first kappa shape index (κ1) is 14.7. The topological polar surface area (TPSA) is 40.6 Å². The Morgan fingerprint density at radius 2 is 1.95 bits per heavy atom. The van der Waals surface area contributed by atoms with Crippen molar-refractivity contribution in [2.75, 3.05) is 26.7 Å². The zero-order valence-corrected chi connectivity index (χ0v) is 12.2. The fourth-order valence-corrected chi connectivity index (χ4v) is 2.68. The van der Waals surface area contributed by atoms with E-state index in [0.29, 0.717) is 6.54 Å². The maximum absolute atomic E-state index is 12.6. The summed E-state index contributed by atoms with van der Waals surface area (Å²) in [6, 6.07) is 9.14. The average Bonchev–Trinajstić information content (AvgIpc) is 2.63. The Morgan fingerprint density at radius 3 is 2.60 bits per heavy atom. The molecule has 1 amide bonds. The van der Waals surface area contributed by atoms with Crippen molar-refractivity contribution >= 4 is 11.7 Å². The smallest absolute Gasteiger partial charge is 0.236 e. The van der Waals surface area contributed by atoms with Crippen LogP contribution in [0.4, 0.5) is 0 Å². The number of benzene rings is 1. The third-order valence-corrected chi connectivity index (χ3v) is 3.89. The molecule has 1 aromatic carbocycles. The summed E-state index contributed by atoms with van der Waals surface area (Å²) in [6.45, 7) is 3.91. The molecular weight excluding hydrogens is 252 g/mol. The molecule has 20 heavy (non-hydrogen) atoms. The Balaban J connectivity index is 2.15. The van der Waals surface area contributed by atoms with Crippen LogP contribution in [0.5, 0.6) is 0 Å². The number of amides is 1. The monoisotopic (exact) mass is 274 g/mol. The van der Waals surface area contributed by atoms with Crippen molar-refractivity contribution < 1.29 is 9.59 Å². The van der Waals surface area contributed by atoms with Gasteiger partial charge in [0.1, 0.15) is 0 Å². The van der Waals surface area contributed by atoms with E-state index >= 15 is 0 Å². The Morgan fingerprint density at radius 1 is 1.25 bits per heavy atom. The largest absolute Gasteiger partial charge is 0.345 e. The lowest BCUT2D eigenvalue weighted by atomic mass is 10.0. The van der Waals surface area contributed by atoms with Crippen LogP contribution >= 0.6 is 0 Å². The predicted molar refractivity (Wildman–Crippen MR) is 78.7 cm³/mol. The van der Waals surface area contributed by atoms with E-state index in [2.05, 4.69) is 0 Å². The van der Waals surface area contributed by atoms with E-state index in [4.69, 9.17) is 0 Å². The molecule has 0 radical (unpaired) electrons. The number of ketones is 1. The molecule has 1 aromatic rings. The summed E-state index contributed by atoms with van der Waals surface area (Å²) in [4.78, 5) is 28.4. The van der Waals surface area contributed by atoms with Gasteiger partial charge in [-0.25, -0.2) is 0 Å². The van der Waals surface area contributed by atoms with Crippen molar-refractivity contribution in [3.8, 4) is 0 Å². The third-order valence-electron chi connectivity index (χ3n) is 3.89. The standard InChI is InChI=1S/C16H22N2O2/c1-3-14(16(20)13-8-5-4-6-9-13)18-11-7-10-17(2)15(19)12-18/h4-6,8-9,14H,3,7,10-12H2,1-2H3. The van der Waals surface area contributed by atoms with Crippen molar-refractivity contribution in [1.82, 2.24) is 9.80 Å². The van der Waals surface area contributed by atoms with Gasteiger partial charge in [0.05, 0.1) is 12.6 Å². The molecule has 0 spiro atoms. The van der Waals surface area contributed by atoms with Crippen LogP contribution in [-0.2, 0) is 4.79 Å². The highest BCUT2D eigenvalue weighted by Gasteiger charge is 2.29. The molecule has 1 unspecified atom stereocenters. The molecule has 1 heterocycles. The summed E-state index contributed by atoms with van der Waals surface area (Å²) in [5, 5.41) is 0. The van der Waals surface area contributed by atoms with E-state index in [1.807, 2.05) is 49.2 Å². The van der Waals surface area contributed by atoms with Gasteiger partial charge >= 0.3 is 0 Å². The van der Waals surface area contributed by atoms with Crippen molar-refractivity contribution in [3.63, 3.8) is 0 Å². The summed E-state index contributed by atoms with van der Waals surface area (Å²) in [7, 11) is 1.83. The van der Waals surface area contributed by atoms with Gasteiger partial charge in [0.15, 0.2) is 5.78 Å². The summed E-state index contributed by atoms with van der Waals surface area (Å²) < 4.78 is 0. The minimum Gasteiger partial charge on any atom is -0.345 e. The highest BCUT2D eigenvalue weighted by molar-refractivity contribution is 6.00. The lowest BCUT2D eigenvalue weighted by Gasteiger charge is -2.28. The van der Waals surface area contributed by atoms with Gasteiger partial charge in [-0.1, -0.05) is 37.3 Å². The number of hydrogen-bond donors (Lipinski definition) is 0. The van der Waals surface area contributed by atoms with E-state index < -0.39 is 0 Å². The van der Waals surface area contributed by atoms with E-state index in [1.54, 1.807) is 4.90 Å². The maximum atomic E-state index is 12.6. The summed E-state index contributed by atoms with van der Waals surface area (Å²) >= 11 is 0. The second-order valence-corrected chi connectivity index (χ2v) is 5.29. The van der Waals surface area contributed by atoms with Crippen LogP contribution in [0.2, 0.25) is 0 Å². The first-order valence-corrected chi connectivity index (χ1v) is 7.20. The molecular formula is C16H22N2O2. The van der Waals surface area contributed by atoms with Crippen LogP contribution in [0, 0.1) is 0 Å². The maximum Gasteiger partial charge on any atom is 0.236 e. The first-order chi connectivity index (χ1) is 9.63. The molecule has 4 heteroatoms. The fraction of sp³-hybridized carbons (Fsp3) is 0.500. The second kappa shape index (κ2) is 6.66. The predicted octanol–water partition coefficient (Wildman–Crippen LogP) is 1.81. The fourth-order valence-electron chi connectivity index (χ4n) is 2.68. The van der Waals surface area contributed by atoms with Crippen LogP contribution in [0.3, 0.4) is 0 Å². The SMILES string of the molecule is CCC(C(=O)c1ccccc1)N1CCCN(C)C(=O)C1. The van der Waals surface area contributed by atoms with Crippen LogP contribution in [0.15, 0.2) is 30.3 Å². The summed E-state index contributed by atoms with van der Waals surface area (Å²) in [5.41, 5.74) is 0.726. The number of hydrogen-bond acceptors (Lipinski definition) is 3. The van der Waals surface area contributed by atoms with Crippen LogP contribution in [0.1, 0.15) is 30.1 Å². The molecule has 4 nitrogen and oxygen atoms in total. The van der Waals surface area contributed by atoms with Crippen molar-refractivity contribution in [1.29, 1.82) is 0 Å². The van der Waals surface area contributed by atoms with Crippen molar-refractivity contribution in [3.05, 3.63) is 35.9 Å². The molecule has 0 aromatic heterocycles. The van der Waals surface area contributed by atoms with Gasteiger partial charge in [0.25, 0.3) is 0 Å². The minimum atomic E-state index is -0.201. The molecule has 1 saturated heterocycles. The van der Waals surface area contributed by atoms with Gasteiger partial charge in [-0.2, -0.15) is 0 Å². The zero-order chi connectivity index (χ0) is 14.5. The molecule has 0 aliphatic carbocycles. The van der Waals surface area contributed by atoms with E-state index in [0.717, 1.165) is 31.5 Å². The summed E-state index contributed by atoms with van der Waals surface area (Å²) in [6.07, 6.45) is 1.64. The van der Waals surface area contributed by atoms with E-state index in [9.17, 15) is 9.59 Å². The van der Waals surface area contributed by atoms with Gasteiger partial charge in [-0.15, -0.1) is 0 Å². The number of Topliss-reactive ketones (excluding diaryl/α,β-unsaturated/α-hetero) is 1. The van der Waals surface area contributed by atoms with Gasteiger partial charge in [-0.3, -0.25) is 14.5 Å². The second-order valence-electron chi connectivity index (χ2n) is 5.29. The first-order valence-electron chi connectivity index (χ1n) is 7.20. The molecule has 1 aliphatic heterocycles. The molecule has 1 atom stereocenters. The van der Waals surface area contributed by atoms with Crippen molar-refractivity contribution in [2.45, 2.75) is 25.8 Å². The molecule has 0 N–H and O–H groups in total. The van der Waals surface area contributed by atoms with Gasteiger partial charge < -0.3 is 4.90 Å². The van der Waals surface area contributed by atoms with Crippen LogP contribution < -0.4 is 0 Å². The third kappa shape index (κ3) is 3.25. The Kier molecular flexibility index (Phi) is 4.90. The van der Waals surface area contributed by atoms with Gasteiger partial charge in [0, 0.05) is 25.7 Å². The Bertz CT molecular complexity index is 473. The zero-order valence-electron chi connectivity index (χ0n) is 12.2. The number of nitrogens with zero attached hydrogens (tertiary/aromatic N) is 2. The van der Waals surface area contributed by atoms with Crippen LogP contribution in [0.25, 0.3) is 0 Å². The highest BCUT2D eigenvalue weighted by atomic mass is 16.2. The van der Waals surface area contributed by atoms with Gasteiger partial charge in [0.2, 0.25) is 5.91 Å². The van der Waals surface area contributed by atoms with Gasteiger partial charge in [-0.05, 0) is 12.8 Å². The Labute approximate surface area is 120 Å². The Hall–Kier alpha value is -1.68. The normalized spacial score (nSPS) is 18.7. The molecule has 1 fully saturated rings.